The summed E-state index contributed by atoms with van der Waals surface area (Å²) in [5.41, 5.74) is 26.0. The second-order valence-corrected chi connectivity index (χ2v) is 22.3. The highest BCUT2D eigenvalue weighted by Crippen LogP contribution is 2.53. The minimum absolute atomic E-state index is 0.0239. The molecule has 2 heterocycles. The average molecular weight is 906 g/mol. The number of rotatable bonds is 6. The molecule has 1 aliphatic carbocycles. The molecule has 0 saturated heterocycles. The lowest BCUT2D eigenvalue weighted by Gasteiger charge is -2.45. The zero-order chi connectivity index (χ0) is 48.3. The Morgan fingerprint density at radius 1 is 0.429 bits per heavy atom. The monoisotopic (exact) mass is 905 g/mol. The molecule has 0 aromatic heterocycles. The van der Waals surface area contributed by atoms with Crippen molar-refractivity contribution in [3.8, 4) is 22.3 Å². The van der Waals surface area contributed by atoms with Crippen LogP contribution in [0.15, 0.2) is 200 Å². The largest absolute Gasteiger partial charge is 0.311 e. The lowest BCUT2D eigenvalue weighted by atomic mass is 9.33. The van der Waals surface area contributed by atoms with Gasteiger partial charge in [-0.25, -0.2) is 0 Å². The summed E-state index contributed by atoms with van der Waals surface area (Å²) in [6.07, 6.45) is 0. The Balaban J connectivity index is 1.15. The number of nitrogens with zero attached hydrogens (tertiary/aromatic N) is 3. The summed E-state index contributed by atoms with van der Waals surface area (Å²) in [6.45, 7) is 20.9. The fourth-order valence-electron chi connectivity index (χ4n) is 11.8. The molecule has 2 aliphatic heterocycles. The molecule has 3 aliphatic rings. The van der Waals surface area contributed by atoms with E-state index in [4.69, 9.17) is 0 Å². The van der Waals surface area contributed by atoms with E-state index in [9.17, 15) is 0 Å². The van der Waals surface area contributed by atoms with Crippen LogP contribution in [0.5, 0.6) is 0 Å². The number of para-hydroxylation sites is 2. The molecule has 0 spiro atoms. The molecule has 0 saturated carbocycles. The van der Waals surface area contributed by atoms with E-state index in [1.54, 1.807) is 0 Å². The first kappa shape index (κ1) is 43.7. The fraction of sp³-hybridized carbons (Fsp3) is 0.182. The van der Waals surface area contributed by atoms with Crippen molar-refractivity contribution in [1.29, 1.82) is 0 Å². The quantitative estimate of drug-likeness (QED) is 0.154. The molecule has 0 bridgehead atoms. The van der Waals surface area contributed by atoms with Crippen molar-refractivity contribution in [2.24, 2.45) is 0 Å². The minimum Gasteiger partial charge on any atom is -0.311 e. The molecule has 3 nitrogen and oxygen atoms in total. The Morgan fingerprint density at radius 3 is 1.71 bits per heavy atom. The summed E-state index contributed by atoms with van der Waals surface area (Å²) in [6, 6.07) is 75.6. The Kier molecular flexibility index (Phi) is 9.99. The van der Waals surface area contributed by atoms with E-state index in [0.717, 1.165) is 22.7 Å². The van der Waals surface area contributed by atoms with Crippen LogP contribution < -0.4 is 31.1 Å². The van der Waals surface area contributed by atoms with Crippen LogP contribution in [0.2, 0.25) is 0 Å². The van der Waals surface area contributed by atoms with Gasteiger partial charge in [-0.1, -0.05) is 183 Å². The third kappa shape index (κ3) is 6.94. The number of fused-ring (bicyclic) bond motifs is 7. The van der Waals surface area contributed by atoms with Crippen molar-refractivity contribution in [3.63, 3.8) is 0 Å². The van der Waals surface area contributed by atoms with Crippen LogP contribution in [0, 0.1) is 6.92 Å². The van der Waals surface area contributed by atoms with E-state index >= 15 is 0 Å². The van der Waals surface area contributed by atoms with Gasteiger partial charge >= 0.3 is 0 Å². The van der Waals surface area contributed by atoms with Crippen molar-refractivity contribution in [1.82, 2.24) is 0 Å². The second-order valence-electron chi connectivity index (χ2n) is 22.3. The average Bonchev–Trinajstić information content (AvgIpc) is 3.59. The van der Waals surface area contributed by atoms with Gasteiger partial charge in [0.1, 0.15) is 0 Å². The Bertz CT molecular complexity index is 3500. The molecule has 9 aromatic rings. The summed E-state index contributed by atoms with van der Waals surface area (Å²) in [5, 5.41) is 0. The van der Waals surface area contributed by atoms with Gasteiger partial charge in [0.25, 0.3) is 6.71 Å². The summed E-state index contributed by atoms with van der Waals surface area (Å²) in [7, 11) is 0. The molecule has 9 aromatic carbocycles. The van der Waals surface area contributed by atoms with Gasteiger partial charge in [-0.15, -0.1) is 0 Å². The molecule has 0 fully saturated rings. The lowest BCUT2D eigenvalue weighted by Crippen LogP contribution is -2.61. The van der Waals surface area contributed by atoms with E-state index in [1.165, 1.54) is 94.9 Å². The number of benzene rings is 9. The van der Waals surface area contributed by atoms with Crippen molar-refractivity contribution < 1.29 is 0 Å². The number of hydrogen-bond acceptors (Lipinski definition) is 3. The molecule has 4 heteroatoms. The smallest absolute Gasteiger partial charge is 0.252 e. The molecule has 70 heavy (non-hydrogen) atoms. The Hall–Kier alpha value is -7.56. The summed E-state index contributed by atoms with van der Waals surface area (Å²) in [4.78, 5) is 7.60. The first-order valence-corrected chi connectivity index (χ1v) is 25.0. The van der Waals surface area contributed by atoms with Gasteiger partial charge in [0.15, 0.2) is 0 Å². The highest BCUT2D eigenvalue weighted by Gasteiger charge is 2.45. The third-order valence-corrected chi connectivity index (χ3v) is 15.4. The van der Waals surface area contributed by atoms with Crippen LogP contribution in [-0.2, 0) is 16.2 Å². The van der Waals surface area contributed by atoms with Crippen molar-refractivity contribution in [3.05, 3.63) is 228 Å². The topological polar surface area (TPSA) is 9.72 Å². The van der Waals surface area contributed by atoms with Gasteiger partial charge in [0.05, 0.1) is 5.69 Å². The first-order valence-electron chi connectivity index (χ1n) is 25.0. The standard InChI is InChI=1S/C66H60BN3/c1-43-38-61-63-62(39-43)70(49-33-35-55-53(41-49)52-25-16-18-26-54(52)66(55,8)9)60-42-50(68(47-22-14-11-15-23-47)58-27-19-17-24-51(58)44-20-12-10-13-21-44)34-36-56(60)67(63)57-40-46(65(5,6)7)30-37-59(57)69(61)48-31-28-45(29-32-48)64(2,3)4/h10-42H,1-9H3. The fourth-order valence-corrected chi connectivity index (χ4v) is 11.8. The van der Waals surface area contributed by atoms with E-state index in [0.29, 0.717) is 0 Å². The van der Waals surface area contributed by atoms with Crippen LogP contribution >= 0.6 is 0 Å². The van der Waals surface area contributed by atoms with Gasteiger partial charge < -0.3 is 14.7 Å². The van der Waals surface area contributed by atoms with Crippen LogP contribution in [0.3, 0.4) is 0 Å². The predicted molar refractivity (Wildman–Crippen MR) is 300 cm³/mol. The molecule has 0 amide bonds. The first-order chi connectivity index (χ1) is 33.7. The normalized spacial score (nSPS) is 14.1. The van der Waals surface area contributed by atoms with E-state index in [1.807, 2.05) is 0 Å². The zero-order valence-electron chi connectivity index (χ0n) is 42.0. The van der Waals surface area contributed by atoms with Crippen molar-refractivity contribution in [2.75, 3.05) is 14.7 Å². The molecule has 342 valence electrons. The summed E-state index contributed by atoms with van der Waals surface area (Å²) < 4.78 is 0. The van der Waals surface area contributed by atoms with Gasteiger partial charge in [-0.3, -0.25) is 0 Å². The van der Waals surface area contributed by atoms with Crippen LogP contribution in [0.25, 0.3) is 22.3 Å². The van der Waals surface area contributed by atoms with E-state index in [2.05, 4.69) is 277 Å². The molecule has 0 radical (unpaired) electrons. The Labute approximate surface area is 415 Å². The van der Waals surface area contributed by atoms with Crippen molar-refractivity contribution >= 4 is 74.3 Å². The molecular formula is C66H60BN3. The second kappa shape index (κ2) is 16.0. The molecular weight excluding hydrogens is 846 g/mol. The molecule has 0 N–H and O–H groups in total. The molecule has 0 atom stereocenters. The lowest BCUT2D eigenvalue weighted by molar-refractivity contribution is 0.590. The summed E-state index contributed by atoms with van der Waals surface area (Å²) in [5.74, 6) is 0. The Morgan fingerprint density at radius 2 is 1.01 bits per heavy atom. The van der Waals surface area contributed by atoms with Crippen LogP contribution in [-0.4, -0.2) is 6.71 Å². The predicted octanol–water partition coefficient (Wildman–Crippen LogP) is 16.1. The third-order valence-electron chi connectivity index (χ3n) is 15.4. The van der Waals surface area contributed by atoms with Crippen LogP contribution in [0.4, 0.5) is 51.2 Å². The van der Waals surface area contributed by atoms with E-state index in [-0.39, 0.29) is 23.0 Å². The highest BCUT2D eigenvalue weighted by molar-refractivity contribution is 7.00. The number of aryl methyl sites for hydroxylation is 1. The van der Waals surface area contributed by atoms with E-state index < -0.39 is 0 Å². The van der Waals surface area contributed by atoms with Crippen LogP contribution in [0.1, 0.15) is 83.2 Å². The number of hydrogen-bond donors (Lipinski definition) is 0. The maximum atomic E-state index is 2.60. The SMILES string of the molecule is Cc1cc2c3c(c1)N(c1ccc4c(c1)-c1ccccc1C4(C)C)c1cc(N(c4ccccc4)c4ccccc4-c4ccccc4)ccc1B3c1cc(C(C)(C)C)ccc1N2c1ccc(C(C)(C)C)cc1. The highest BCUT2D eigenvalue weighted by atomic mass is 15.2. The number of anilines is 9. The van der Waals surface area contributed by atoms with Gasteiger partial charge in [-0.05, 0) is 151 Å². The molecule has 0 unspecified atom stereocenters. The van der Waals surface area contributed by atoms with Crippen molar-refractivity contribution in [2.45, 2.75) is 78.6 Å². The van der Waals surface area contributed by atoms with Gasteiger partial charge in [-0.2, -0.15) is 0 Å². The maximum absolute atomic E-state index is 2.60. The minimum atomic E-state index is -0.106. The van der Waals surface area contributed by atoms with Gasteiger partial charge in [0, 0.05) is 56.5 Å². The summed E-state index contributed by atoms with van der Waals surface area (Å²) >= 11 is 0. The maximum Gasteiger partial charge on any atom is 0.252 e. The zero-order valence-corrected chi connectivity index (χ0v) is 42.0. The van der Waals surface area contributed by atoms with Gasteiger partial charge in [0.2, 0.25) is 0 Å². The molecule has 12 rings (SSSR count).